The molecular weight excluding hydrogens is 300 g/mol. The summed E-state index contributed by atoms with van der Waals surface area (Å²) in [6, 6.07) is 0. The van der Waals surface area contributed by atoms with E-state index in [9.17, 15) is 0 Å². The normalized spacial score (nSPS) is 23.5. The molecule has 0 spiro atoms. The number of aromatic nitrogens is 2. The molecule has 1 aromatic heterocycles. The summed E-state index contributed by atoms with van der Waals surface area (Å²) in [6.07, 6.45) is 6.82. The van der Waals surface area contributed by atoms with Crippen LogP contribution in [0.2, 0.25) is 0 Å². The third-order valence-corrected chi connectivity index (χ3v) is 5.60. The molecule has 1 saturated carbocycles. The summed E-state index contributed by atoms with van der Waals surface area (Å²) in [5.74, 6) is 1.19. The van der Waals surface area contributed by atoms with Gasteiger partial charge in [-0.15, -0.1) is 0 Å². The number of H-pyrrole nitrogens is 1. The van der Waals surface area contributed by atoms with E-state index in [1.807, 2.05) is 7.05 Å². The molecule has 0 saturated heterocycles. The van der Waals surface area contributed by atoms with E-state index in [0.717, 1.165) is 39.3 Å². The molecule has 3 N–H and O–H groups in total. The molecule has 1 heterocycles. The molecule has 1 aromatic rings. The fraction of sp³-hybridized carbons (Fsp3) is 0.842. The number of rotatable bonds is 10. The van der Waals surface area contributed by atoms with Crippen molar-refractivity contribution in [3.63, 3.8) is 0 Å². The second-order valence-electron chi connectivity index (χ2n) is 7.72. The van der Waals surface area contributed by atoms with E-state index < -0.39 is 0 Å². The Morgan fingerprint density at radius 3 is 2.92 bits per heavy atom. The van der Waals surface area contributed by atoms with Crippen molar-refractivity contribution in [3.05, 3.63) is 17.5 Å². The van der Waals surface area contributed by atoms with Gasteiger partial charge >= 0.3 is 0 Å². The lowest BCUT2D eigenvalue weighted by molar-refractivity contribution is 0.0224. The molecule has 0 aliphatic heterocycles. The van der Waals surface area contributed by atoms with E-state index in [1.165, 1.54) is 30.5 Å². The molecule has 24 heavy (non-hydrogen) atoms. The lowest BCUT2D eigenvalue weighted by Crippen LogP contribution is -2.34. The van der Waals surface area contributed by atoms with Crippen LogP contribution in [-0.2, 0) is 11.2 Å². The maximum Gasteiger partial charge on any atom is 0.0685 e. The van der Waals surface area contributed by atoms with E-state index in [0.29, 0.717) is 17.3 Å². The Bertz CT molecular complexity index is 472. The van der Waals surface area contributed by atoms with Crippen LogP contribution in [0.4, 0.5) is 0 Å². The van der Waals surface area contributed by atoms with Crippen molar-refractivity contribution in [2.45, 2.75) is 52.4 Å². The maximum atomic E-state index is 5.76. The van der Waals surface area contributed by atoms with Crippen molar-refractivity contribution in [1.82, 2.24) is 20.8 Å². The van der Waals surface area contributed by atoms with Crippen LogP contribution in [0.3, 0.4) is 0 Å². The van der Waals surface area contributed by atoms with E-state index in [1.54, 1.807) is 0 Å². The second-order valence-corrected chi connectivity index (χ2v) is 7.72. The first kappa shape index (κ1) is 19.4. The van der Waals surface area contributed by atoms with E-state index >= 15 is 0 Å². The third-order valence-electron chi connectivity index (χ3n) is 5.60. The predicted molar refractivity (Wildman–Crippen MR) is 99.4 cm³/mol. The minimum atomic E-state index is 0.372. The predicted octanol–water partition coefficient (Wildman–Crippen LogP) is 2.71. The Morgan fingerprint density at radius 2 is 2.17 bits per heavy atom. The van der Waals surface area contributed by atoms with E-state index in [2.05, 4.69) is 47.8 Å². The van der Waals surface area contributed by atoms with Crippen molar-refractivity contribution < 1.29 is 4.74 Å². The Balaban J connectivity index is 1.92. The summed E-state index contributed by atoms with van der Waals surface area (Å²) in [5.41, 5.74) is 3.05. The van der Waals surface area contributed by atoms with Crippen molar-refractivity contribution in [1.29, 1.82) is 0 Å². The first-order chi connectivity index (χ1) is 11.6. The van der Waals surface area contributed by atoms with Gasteiger partial charge in [0.1, 0.15) is 0 Å². The van der Waals surface area contributed by atoms with Gasteiger partial charge in [0.2, 0.25) is 0 Å². The molecule has 2 atom stereocenters. The largest absolute Gasteiger partial charge is 0.381 e. The first-order valence-electron chi connectivity index (χ1n) is 9.54. The number of aromatic amines is 1. The van der Waals surface area contributed by atoms with Gasteiger partial charge in [0.05, 0.1) is 5.69 Å². The first-order valence-corrected chi connectivity index (χ1v) is 9.54. The van der Waals surface area contributed by atoms with Crippen molar-refractivity contribution >= 4 is 0 Å². The molecule has 138 valence electrons. The topological polar surface area (TPSA) is 62.0 Å². The van der Waals surface area contributed by atoms with Crippen LogP contribution in [0.5, 0.6) is 0 Å². The van der Waals surface area contributed by atoms with Gasteiger partial charge in [0, 0.05) is 38.4 Å². The summed E-state index contributed by atoms with van der Waals surface area (Å²) >= 11 is 0. The SMILES string of the molecule is CCOC[C@@H]1CC(c2n[nH]cc2CCNCCNC)CCC1(C)C. The molecule has 0 bridgehead atoms. The minimum absolute atomic E-state index is 0.372. The van der Waals surface area contributed by atoms with Gasteiger partial charge in [-0.05, 0) is 63.1 Å². The molecule has 1 fully saturated rings. The van der Waals surface area contributed by atoms with Crippen LogP contribution >= 0.6 is 0 Å². The second kappa shape index (κ2) is 9.54. The standard InChI is InChI=1S/C19H36N4O/c1-5-24-14-17-12-15(6-8-19(17,2)3)18-16(13-22-23-18)7-9-21-11-10-20-4/h13,15,17,20-21H,5-12,14H2,1-4H3,(H,22,23)/t15?,17-/m0/s1. The Hall–Kier alpha value is -0.910. The molecule has 1 aliphatic carbocycles. The van der Waals surface area contributed by atoms with Crippen molar-refractivity contribution in [3.8, 4) is 0 Å². The van der Waals surface area contributed by atoms with Crippen molar-refractivity contribution in [2.75, 3.05) is 39.9 Å². The molecule has 1 unspecified atom stereocenters. The molecule has 5 nitrogen and oxygen atoms in total. The van der Waals surface area contributed by atoms with Gasteiger partial charge in [-0.2, -0.15) is 5.10 Å². The Kier molecular flexibility index (Phi) is 7.72. The molecular formula is C19H36N4O. The smallest absolute Gasteiger partial charge is 0.0685 e. The average Bonchev–Trinajstić information content (AvgIpc) is 3.02. The highest BCUT2D eigenvalue weighted by molar-refractivity contribution is 5.22. The van der Waals surface area contributed by atoms with Gasteiger partial charge in [-0.1, -0.05) is 13.8 Å². The number of nitrogens with one attached hydrogen (secondary N) is 3. The van der Waals surface area contributed by atoms with Crippen LogP contribution in [0.25, 0.3) is 0 Å². The molecule has 0 radical (unpaired) electrons. The number of likely N-dealkylation sites (N-methyl/N-ethyl adjacent to an activating group) is 1. The maximum absolute atomic E-state index is 5.76. The highest BCUT2D eigenvalue weighted by Gasteiger charge is 2.38. The molecule has 0 amide bonds. The molecule has 0 aromatic carbocycles. The molecule has 2 rings (SSSR count). The summed E-state index contributed by atoms with van der Waals surface area (Å²) < 4.78 is 5.76. The number of hydrogen-bond donors (Lipinski definition) is 3. The highest BCUT2D eigenvalue weighted by Crippen LogP contribution is 2.46. The summed E-state index contributed by atoms with van der Waals surface area (Å²) in [6.45, 7) is 11.6. The zero-order chi connectivity index (χ0) is 17.4. The van der Waals surface area contributed by atoms with Gasteiger partial charge in [0.25, 0.3) is 0 Å². The van der Waals surface area contributed by atoms with Crippen LogP contribution < -0.4 is 10.6 Å². The third kappa shape index (κ3) is 5.30. The number of hydrogen-bond acceptors (Lipinski definition) is 4. The number of ether oxygens (including phenoxy) is 1. The van der Waals surface area contributed by atoms with Crippen LogP contribution in [0, 0.1) is 11.3 Å². The van der Waals surface area contributed by atoms with Gasteiger partial charge < -0.3 is 15.4 Å². The van der Waals surface area contributed by atoms with Crippen LogP contribution in [0.1, 0.15) is 57.2 Å². The fourth-order valence-electron chi connectivity index (χ4n) is 3.77. The van der Waals surface area contributed by atoms with Gasteiger partial charge in [-0.3, -0.25) is 5.10 Å². The number of nitrogens with zero attached hydrogens (tertiary/aromatic N) is 1. The summed E-state index contributed by atoms with van der Waals surface area (Å²) in [4.78, 5) is 0. The van der Waals surface area contributed by atoms with Crippen LogP contribution in [-0.4, -0.2) is 50.1 Å². The van der Waals surface area contributed by atoms with Crippen molar-refractivity contribution in [2.24, 2.45) is 11.3 Å². The highest BCUT2D eigenvalue weighted by atomic mass is 16.5. The van der Waals surface area contributed by atoms with Gasteiger partial charge in [-0.25, -0.2) is 0 Å². The zero-order valence-electron chi connectivity index (χ0n) is 16.0. The lowest BCUT2D eigenvalue weighted by Gasteiger charge is -2.42. The summed E-state index contributed by atoms with van der Waals surface area (Å²) in [5, 5.41) is 14.4. The van der Waals surface area contributed by atoms with Gasteiger partial charge in [0.15, 0.2) is 0 Å². The molecule has 1 aliphatic rings. The fourth-order valence-corrected chi connectivity index (χ4v) is 3.77. The quantitative estimate of drug-likeness (QED) is 0.575. The average molecular weight is 337 g/mol. The Labute approximate surface area is 147 Å². The van der Waals surface area contributed by atoms with E-state index in [4.69, 9.17) is 4.74 Å². The lowest BCUT2D eigenvalue weighted by atomic mass is 9.65. The minimum Gasteiger partial charge on any atom is -0.381 e. The zero-order valence-corrected chi connectivity index (χ0v) is 16.0. The Morgan fingerprint density at radius 1 is 1.33 bits per heavy atom. The summed E-state index contributed by atoms with van der Waals surface area (Å²) in [7, 11) is 1.99. The van der Waals surface area contributed by atoms with Crippen LogP contribution in [0.15, 0.2) is 6.20 Å². The monoisotopic (exact) mass is 336 g/mol. The molecule has 5 heteroatoms. The van der Waals surface area contributed by atoms with E-state index in [-0.39, 0.29) is 0 Å².